The Balaban J connectivity index is 2.16. The van der Waals surface area contributed by atoms with E-state index in [0.717, 1.165) is 37.8 Å². The average molecular weight is 250 g/mol. The Bertz CT molecular complexity index is 404. The number of aliphatic carboxylic acids is 1. The van der Waals surface area contributed by atoms with Gasteiger partial charge in [0.2, 0.25) is 0 Å². The summed E-state index contributed by atoms with van der Waals surface area (Å²) in [4.78, 5) is 11.7. The number of aryl methyl sites for hydroxylation is 1. The molecule has 1 N–H and O–H groups in total. The number of carboxylic acids is 1. The van der Waals surface area contributed by atoms with Crippen LogP contribution in [0, 0.1) is 5.41 Å². The molecule has 100 valence electrons. The first-order valence-corrected chi connectivity index (χ1v) is 6.91. The second-order valence-corrected chi connectivity index (χ2v) is 5.38. The first kappa shape index (κ1) is 13.1. The lowest BCUT2D eigenvalue weighted by molar-refractivity contribution is -0.149. The van der Waals surface area contributed by atoms with Crippen molar-refractivity contribution in [1.29, 1.82) is 0 Å². The highest BCUT2D eigenvalue weighted by atomic mass is 16.4. The molecule has 0 unspecified atom stereocenters. The van der Waals surface area contributed by atoms with E-state index in [0.29, 0.717) is 6.42 Å². The van der Waals surface area contributed by atoms with Crippen molar-refractivity contribution in [2.75, 3.05) is 0 Å². The molecule has 1 aliphatic rings. The Labute approximate surface area is 108 Å². The molecule has 0 aromatic carbocycles. The summed E-state index contributed by atoms with van der Waals surface area (Å²) in [5.41, 5.74) is 0.499. The minimum Gasteiger partial charge on any atom is -0.481 e. The smallest absolute Gasteiger partial charge is 0.309 e. The van der Waals surface area contributed by atoms with Crippen LogP contribution in [0.15, 0.2) is 12.4 Å². The standard InChI is InChI=1S/C14H22N2O2/c1-2-16-11-12(10-15-16)9-14(13(17)18)7-5-3-4-6-8-14/h10-11H,2-9H2,1H3,(H,17,18). The highest BCUT2D eigenvalue weighted by molar-refractivity contribution is 5.75. The maximum absolute atomic E-state index is 11.7. The largest absolute Gasteiger partial charge is 0.481 e. The molecule has 1 aromatic heterocycles. The monoisotopic (exact) mass is 250 g/mol. The van der Waals surface area contributed by atoms with E-state index in [1.54, 1.807) is 0 Å². The highest BCUT2D eigenvalue weighted by Gasteiger charge is 2.38. The first-order chi connectivity index (χ1) is 8.66. The Kier molecular flexibility index (Phi) is 4.04. The second-order valence-electron chi connectivity index (χ2n) is 5.38. The lowest BCUT2D eigenvalue weighted by atomic mass is 9.76. The van der Waals surface area contributed by atoms with Crippen LogP contribution in [0.3, 0.4) is 0 Å². The SMILES string of the molecule is CCn1cc(CC2(C(=O)O)CCCCCC2)cn1. The lowest BCUT2D eigenvalue weighted by Gasteiger charge is -2.27. The molecule has 0 saturated heterocycles. The molecule has 4 heteroatoms. The van der Waals surface area contributed by atoms with E-state index < -0.39 is 11.4 Å². The van der Waals surface area contributed by atoms with Gasteiger partial charge < -0.3 is 5.11 Å². The molecule has 4 nitrogen and oxygen atoms in total. The molecule has 1 aromatic rings. The van der Waals surface area contributed by atoms with Gasteiger partial charge in [-0.3, -0.25) is 9.48 Å². The minimum atomic E-state index is -0.631. The third kappa shape index (κ3) is 2.74. The van der Waals surface area contributed by atoms with Gasteiger partial charge in [0.15, 0.2) is 0 Å². The molecule has 0 bridgehead atoms. The third-order valence-corrected chi connectivity index (χ3v) is 4.07. The summed E-state index contributed by atoms with van der Waals surface area (Å²) < 4.78 is 1.86. The number of carbonyl (C=O) groups is 1. The molecule has 1 saturated carbocycles. The molecule has 1 aliphatic carbocycles. The van der Waals surface area contributed by atoms with Gasteiger partial charge in [-0.05, 0) is 31.7 Å². The van der Waals surface area contributed by atoms with Gasteiger partial charge in [-0.25, -0.2) is 0 Å². The van der Waals surface area contributed by atoms with Crippen LogP contribution in [-0.2, 0) is 17.8 Å². The zero-order valence-electron chi connectivity index (χ0n) is 11.1. The van der Waals surface area contributed by atoms with E-state index in [9.17, 15) is 9.90 Å². The van der Waals surface area contributed by atoms with Crippen molar-refractivity contribution in [1.82, 2.24) is 9.78 Å². The molecule has 18 heavy (non-hydrogen) atoms. The van der Waals surface area contributed by atoms with Gasteiger partial charge >= 0.3 is 5.97 Å². The summed E-state index contributed by atoms with van der Waals surface area (Å²) in [7, 11) is 0. The van der Waals surface area contributed by atoms with Crippen molar-refractivity contribution in [2.45, 2.75) is 58.4 Å². The zero-order valence-corrected chi connectivity index (χ0v) is 11.1. The summed E-state index contributed by atoms with van der Waals surface area (Å²) in [5.74, 6) is -0.631. The van der Waals surface area contributed by atoms with E-state index in [-0.39, 0.29) is 0 Å². The maximum Gasteiger partial charge on any atom is 0.309 e. The molecule has 0 radical (unpaired) electrons. The van der Waals surface area contributed by atoms with Crippen molar-refractivity contribution in [3.63, 3.8) is 0 Å². The second kappa shape index (κ2) is 5.55. The molecule has 0 atom stereocenters. The van der Waals surface area contributed by atoms with Gasteiger partial charge in [0.05, 0.1) is 11.6 Å². The molecule has 0 aliphatic heterocycles. The molecule has 1 heterocycles. The summed E-state index contributed by atoms with van der Waals surface area (Å²) >= 11 is 0. The predicted octanol–water partition coefficient (Wildman–Crippen LogP) is 2.87. The molecular weight excluding hydrogens is 228 g/mol. The number of aromatic nitrogens is 2. The lowest BCUT2D eigenvalue weighted by Crippen LogP contribution is -2.32. The zero-order chi connectivity index (χ0) is 13.0. The van der Waals surface area contributed by atoms with Gasteiger partial charge in [-0.2, -0.15) is 5.10 Å². The Morgan fingerprint density at radius 3 is 2.56 bits per heavy atom. The molecule has 0 amide bonds. The Morgan fingerprint density at radius 2 is 2.06 bits per heavy atom. The van der Waals surface area contributed by atoms with E-state index in [4.69, 9.17) is 0 Å². The van der Waals surface area contributed by atoms with Crippen molar-refractivity contribution in [2.24, 2.45) is 5.41 Å². The number of carboxylic acid groups (broad SMARTS) is 1. The van der Waals surface area contributed by atoms with Crippen LogP contribution in [0.1, 0.15) is 51.0 Å². The van der Waals surface area contributed by atoms with Crippen LogP contribution >= 0.6 is 0 Å². The van der Waals surface area contributed by atoms with Gasteiger partial charge in [-0.15, -0.1) is 0 Å². The van der Waals surface area contributed by atoms with E-state index in [1.165, 1.54) is 12.8 Å². The van der Waals surface area contributed by atoms with Crippen LogP contribution < -0.4 is 0 Å². The van der Waals surface area contributed by atoms with Gasteiger partial charge in [0.1, 0.15) is 0 Å². The number of rotatable bonds is 4. The van der Waals surface area contributed by atoms with Crippen LogP contribution in [0.25, 0.3) is 0 Å². The summed E-state index contributed by atoms with van der Waals surface area (Å²) in [6.07, 6.45) is 10.4. The van der Waals surface area contributed by atoms with Gasteiger partial charge in [0.25, 0.3) is 0 Å². The van der Waals surface area contributed by atoms with Crippen molar-refractivity contribution < 1.29 is 9.90 Å². The van der Waals surface area contributed by atoms with Crippen LogP contribution in [0.4, 0.5) is 0 Å². The van der Waals surface area contributed by atoms with E-state index in [2.05, 4.69) is 5.10 Å². The Hall–Kier alpha value is -1.32. The highest BCUT2D eigenvalue weighted by Crippen LogP contribution is 2.38. The van der Waals surface area contributed by atoms with E-state index in [1.807, 2.05) is 24.0 Å². The van der Waals surface area contributed by atoms with Crippen LogP contribution in [0.5, 0.6) is 0 Å². The fraction of sp³-hybridized carbons (Fsp3) is 0.714. The maximum atomic E-state index is 11.7. The predicted molar refractivity (Wildman–Crippen MR) is 69.4 cm³/mol. The average Bonchev–Trinajstić information content (AvgIpc) is 2.66. The van der Waals surface area contributed by atoms with E-state index >= 15 is 0 Å². The summed E-state index contributed by atoms with van der Waals surface area (Å²) in [6, 6.07) is 0. The first-order valence-electron chi connectivity index (χ1n) is 6.91. The Morgan fingerprint density at radius 1 is 1.39 bits per heavy atom. The fourth-order valence-corrected chi connectivity index (χ4v) is 2.93. The molecular formula is C14H22N2O2. The van der Waals surface area contributed by atoms with Crippen LogP contribution in [-0.4, -0.2) is 20.9 Å². The topological polar surface area (TPSA) is 55.1 Å². The fourth-order valence-electron chi connectivity index (χ4n) is 2.93. The van der Waals surface area contributed by atoms with Crippen molar-refractivity contribution in [3.05, 3.63) is 18.0 Å². The van der Waals surface area contributed by atoms with Gasteiger partial charge in [-0.1, -0.05) is 25.7 Å². The normalized spacial score (nSPS) is 19.4. The molecule has 0 spiro atoms. The molecule has 1 fully saturated rings. The quantitative estimate of drug-likeness (QED) is 0.836. The van der Waals surface area contributed by atoms with Gasteiger partial charge in [0, 0.05) is 12.7 Å². The van der Waals surface area contributed by atoms with Crippen molar-refractivity contribution >= 4 is 5.97 Å². The molecule has 2 rings (SSSR count). The number of nitrogens with zero attached hydrogens (tertiary/aromatic N) is 2. The van der Waals surface area contributed by atoms with Crippen molar-refractivity contribution in [3.8, 4) is 0 Å². The summed E-state index contributed by atoms with van der Waals surface area (Å²) in [5, 5.41) is 13.8. The third-order valence-electron chi connectivity index (χ3n) is 4.07. The number of hydrogen-bond acceptors (Lipinski definition) is 2. The number of hydrogen-bond donors (Lipinski definition) is 1. The minimum absolute atomic E-state index is 0.557. The van der Waals surface area contributed by atoms with Crippen LogP contribution in [0.2, 0.25) is 0 Å². The summed E-state index contributed by atoms with van der Waals surface area (Å²) in [6.45, 7) is 2.87.